The Bertz CT molecular complexity index is 317. The standard InChI is InChI=1S/C16H30N2O/c1-12-7-10-17-14(11-12)15(19)18(4)13-5-8-16(2,3)9-6-13/h12-14,17H,5-11H2,1-4H3. The highest BCUT2D eigenvalue weighted by Gasteiger charge is 2.33. The maximum absolute atomic E-state index is 12.6. The Kier molecular flexibility index (Phi) is 4.54. The van der Waals surface area contributed by atoms with Crippen LogP contribution >= 0.6 is 0 Å². The lowest BCUT2D eigenvalue weighted by Crippen LogP contribution is -2.52. The number of nitrogens with one attached hydrogen (secondary N) is 1. The average Bonchev–Trinajstić information content (AvgIpc) is 2.37. The van der Waals surface area contributed by atoms with Crippen LogP contribution < -0.4 is 5.32 Å². The van der Waals surface area contributed by atoms with Gasteiger partial charge in [0.2, 0.25) is 5.91 Å². The van der Waals surface area contributed by atoms with Crippen molar-refractivity contribution in [3.05, 3.63) is 0 Å². The van der Waals surface area contributed by atoms with Crippen molar-refractivity contribution < 1.29 is 4.79 Å². The monoisotopic (exact) mass is 266 g/mol. The van der Waals surface area contributed by atoms with Crippen molar-refractivity contribution in [3.63, 3.8) is 0 Å². The lowest BCUT2D eigenvalue weighted by molar-refractivity contribution is -0.136. The number of likely N-dealkylation sites (N-methyl/N-ethyl adjacent to an activating group) is 1. The van der Waals surface area contributed by atoms with Crippen LogP contribution in [0.2, 0.25) is 0 Å². The highest BCUT2D eigenvalue weighted by molar-refractivity contribution is 5.82. The molecule has 1 saturated carbocycles. The number of piperidine rings is 1. The first-order valence-electron chi connectivity index (χ1n) is 7.89. The molecule has 2 aliphatic rings. The van der Waals surface area contributed by atoms with Crippen LogP contribution in [0, 0.1) is 11.3 Å². The SMILES string of the molecule is CC1CCNC(C(=O)N(C)C2CCC(C)(C)CC2)C1. The van der Waals surface area contributed by atoms with Gasteiger partial charge in [0.15, 0.2) is 0 Å². The van der Waals surface area contributed by atoms with E-state index in [0.717, 1.165) is 25.8 Å². The van der Waals surface area contributed by atoms with Crippen molar-refractivity contribution in [1.29, 1.82) is 0 Å². The van der Waals surface area contributed by atoms with Gasteiger partial charge in [-0.3, -0.25) is 4.79 Å². The van der Waals surface area contributed by atoms with Crippen LogP contribution in [-0.4, -0.2) is 36.5 Å². The molecule has 19 heavy (non-hydrogen) atoms. The van der Waals surface area contributed by atoms with Crippen LogP contribution in [0.5, 0.6) is 0 Å². The van der Waals surface area contributed by atoms with Gasteiger partial charge in [-0.25, -0.2) is 0 Å². The molecule has 110 valence electrons. The molecule has 2 fully saturated rings. The van der Waals surface area contributed by atoms with Crippen molar-refractivity contribution in [3.8, 4) is 0 Å². The summed E-state index contributed by atoms with van der Waals surface area (Å²) in [6.45, 7) is 7.93. The van der Waals surface area contributed by atoms with Crippen LogP contribution in [0.15, 0.2) is 0 Å². The summed E-state index contributed by atoms with van der Waals surface area (Å²) in [7, 11) is 2.01. The minimum Gasteiger partial charge on any atom is -0.341 e. The van der Waals surface area contributed by atoms with Crippen molar-refractivity contribution in [2.75, 3.05) is 13.6 Å². The molecule has 0 spiro atoms. The third kappa shape index (κ3) is 3.71. The summed E-state index contributed by atoms with van der Waals surface area (Å²) < 4.78 is 0. The minimum absolute atomic E-state index is 0.0590. The first-order valence-corrected chi connectivity index (χ1v) is 7.89. The number of rotatable bonds is 2. The van der Waals surface area contributed by atoms with E-state index in [0.29, 0.717) is 23.3 Å². The number of hydrogen-bond donors (Lipinski definition) is 1. The lowest BCUT2D eigenvalue weighted by atomic mass is 9.75. The van der Waals surface area contributed by atoms with Gasteiger partial charge in [-0.1, -0.05) is 20.8 Å². The van der Waals surface area contributed by atoms with Crippen molar-refractivity contribution >= 4 is 5.91 Å². The molecule has 2 atom stereocenters. The summed E-state index contributed by atoms with van der Waals surface area (Å²) in [4.78, 5) is 14.6. The molecule has 0 aromatic carbocycles. The Labute approximate surface area is 118 Å². The number of nitrogens with zero attached hydrogens (tertiary/aromatic N) is 1. The molecule has 1 N–H and O–H groups in total. The smallest absolute Gasteiger partial charge is 0.239 e. The molecule has 0 aromatic heterocycles. The van der Waals surface area contributed by atoms with E-state index in [-0.39, 0.29) is 6.04 Å². The number of carbonyl (C=O) groups excluding carboxylic acids is 1. The van der Waals surface area contributed by atoms with E-state index in [2.05, 4.69) is 26.1 Å². The zero-order chi connectivity index (χ0) is 14.0. The highest BCUT2D eigenvalue weighted by atomic mass is 16.2. The topological polar surface area (TPSA) is 32.3 Å². The second-order valence-electron chi connectivity index (χ2n) is 7.48. The summed E-state index contributed by atoms with van der Waals surface area (Å²) in [6.07, 6.45) is 7.01. The normalized spacial score (nSPS) is 32.0. The summed E-state index contributed by atoms with van der Waals surface area (Å²) in [5.41, 5.74) is 0.470. The fraction of sp³-hybridized carbons (Fsp3) is 0.938. The molecular weight excluding hydrogens is 236 g/mol. The van der Waals surface area contributed by atoms with Gasteiger partial charge < -0.3 is 10.2 Å². The Morgan fingerprint density at radius 3 is 2.42 bits per heavy atom. The van der Waals surface area contributed by atoms with Crippen molar-refractivity contribution in [2.45, 2.75) is 71.4 Å². The molecule has 1 heterocycles. The summed E-state index contributed by atoms with van der Waals surface area (Å²) in [6, 6.07) is 0.517. The molecule has 2 rings (SSSR count). The molecule has 2 unspecified atom stereocenters. The zero-order valence-corrected chi connectivity index (χ0v) is 13.0. The number of amides is 1. The second kappa shape index (κ2) is 5.82. The second-order valence-corrected chi connectivity index (χ2v) is 7.48. The van der Waals surface area contributed by atoms with Crippen LogP contribution in [0.4, 0.5) is 0 Å². The van der Waals surface area contributed by atoms with Crippen molar-refractivity contribution in [1.82, 2.24) is 10.2 Å². The summed E-state index contributed by atoms with van der Waals surface area (Å²) >= 11 is 0. The van der Waals surface area contributed by atoms with E-state index < -0.39 is 0 Å². The van der Waals surface area contributed by atoms with Gasteiger partial charge in [-0.2, -0.15) is 0 Å². The summed E-state index contributed by atoms with van der Waals surface area (Å²) in [5, 5.41) is 3.39. The third-order valence-corrected chi connectivity index (χ3v) is 5.17. The molecule has 0 radical (unpaired) electrons. The van der Waals surface area contributed by atoms with Crippen LogP contribution in [0.25, 0.3) is 0 Å². The van der Waals surface area contributed by atoms with E-state index >= 15 is 0 Å². The maximum Gasteiger partial charge on any atom is 0.239 e. The Hall–Kier alpha value is -0.570. The first-order chi connectivity index (χ1) is 8.89. The highest BCUT2D eigenvalue weighted by Crippen LogP contribution is 2.36. The minimum atomic E-state index is 0.0590. The van der Waals surface area contributed by atoms with E-state index in [1.165, 1.54) is 19.3 Å². The lowest BCUT2D eigenvalue weighted by Gasteiger charge is -2.40. The molecule has 0 bridgehead atoms. The van der Waals surface area contributed by atoms with Crippen LogP contribution in [-0.2, 0) is 4.79 Å². The van der Waals surface area contributed by atoms with Gasteiger partial charge in [0, 0.05) is 13.1 Å². The van der Waals surface area contributed by atoms with Crippen molar-refractivity contribution in [2.24, 2.45) is 11.3 Å². The molecule has 1 aliphatic carbocycles. The van der Waals surface area contributed by atoms with Gasteiger partial charge in [-0.15, -0.1) is 0 Å². The third-order valence-electron chi connectivity index (χ3n) is 5.17. The fourth-order valence-electron chi connectivity index (χ4n) is 3.49. The number of hydrogen-bond acceptors (Lipinski definition) is 2. The molecular formula is C16H30N2O. The Morgan fingerprint density at radius 1 is 1.21 bits per heavy atom. The molecule has 1 saturated heterocycles. The quantitative estimate of drug-likeness (QED) is 0.833. The Balaban J connectivity index is 1.88. The van der Waals surface area contributed by atoms with Gasteiger partial charge >= 0.3 is 0 Å². The molecule has 3 nitrogen and oxygen atoms in total. The van der Waals surface area contributed by atoms with Gasteiger partial charge in [0.05, 0.1) is 6.04 Å². The first kappa shape index (κ1) is 14.8. The summed E-state index contributed by atoms with van der Waals surface area (Å²) in [5.74, 6) is 0.991. The van der Waals surface area contributed by atoms with E-state index in [9.17, 15) is 4.79 Å². The molecule has 1 aliphatic heterocycles. The van der Waals surface area contributed by atoms with E-state index in [1.807, 2.05) is 11.9 Å². The largest absolute Gasteiger partial charge is 0.341 e. The van der Waals surface area contributed by atoms with E-state index in [1.54, 1.807) is 0 Å². The van der Waals surface area contributed by atoms with Gasteiger partial charge in [0.25, 0.3) is 0 Å². The number of carbonyl (C=O) groups is 1. The molecule has 0 aromatic rings. The van der Waals surface area contributed by atoms with Gasteiger partial charge in [0.1, 0.15) is 0 Å². The van der Waals surface area contributed by atoms with Crippen LogP contribution in [0.1, 0.15) is 59.3 Å². The maximum atomic E-state index is 12.6. The van der Waals surface area contributed by atoms with E-state index in [4.69, 9.17) is 0 Å². The van der Waals surface area contributed by atoms with Gasteiger partial charge in [-0.05, 0) is 56.4 Å². The average molecular weight is 266 g/mol. The Morgan fingerprint density at radius 2 is 1.84 bits per heavy atom. The molecule has 3 heteroatoms. The molecule has 1 amide bonds. The predicted octanol–water partition coefficient (Wildman–Crippen LogP) is 2.80. The predicted molar refractivity (Wildman–Crippen MR) is 79.0 cm³/mol. The van der Waals surface area contributed by atoms with Crippen LogP contribution in [0.3, 0.4) is 0 Å². The fourth-order valence-corrected chi connectivity index (χ4v) is 3.49. The zero-order valence-electron chi connectivity index (χ0n) is 13.0.